The number of H-pyrrole nitrogens is 2. The summed E-state index contributed by atoms with van der Waals surface area (Å²) < 4.78 is 0. The molecule has 2 aromatic heterocycles. The number of anilines is 1. The third kappa shape index (κ3) is 2.21. The number of benzene rings is 1. The molecule has 0 unspecified atom stereocenters. The summed E-state index contributed by atoms with van der Waals surface area (Å²) in [4.78, 5) is 18.4. The van der Waals surface area contributed by atoms with Crippen LogP contribution in [0.4, 0.5) is 5.95 Å². The molecule has 0 radical (unpaired) electrons. The van der Waals surface area contributed by atoms with E-state index in [0.717, 1.165) is 16.5 Å². The van der Waals surface area contributed by atoms with Crippen molar-refractivity contribution in [1.29, 1.82) is 0 Å². The molecule has 0 spiro atoms. The molecule has 0 atom stereocenters. The molecule has 0 aliphatic carbocycles. The molecule has 1 aromatic carbocycles. The number of nitrogens with one attached hydrogen (secondary N) is 3. The first-order valence-corrected chi connectivity index (χ1v) is 5.81. The van der Waals surface area contributed by atoms with E-state index in [2.05, 4.69) is 30.7 Å². The highest BCUT2D eigenvalue weighted by atomic mass is 16.2. The molecule has 2 heterocycles. The number of carbonyl (C=O) groups excluding carboxylic acids is 1. The fourth-order valence-electron chi connectivity index (χ4n) is 1.79. The summed E-state index contributed by atoms with van der Waals surface area (Å²) in [6.07, 6.45) is 3.36. The number of rotatable bonds is 3. The monoisotopic (exact) mass is 269 g/mol. The van der Waals surface area contributed by atoms with Crippen LogP contribution in [0, 0.1) is 0 Å². The molecule has 0 saturated heterocycles. The van der Waals surface area contributed by atoms with Crippen LogP contribution in [0.2, 0.25) is 0 Å². The van der Waals surface area contributed by atoms with Crippen molar-refractivity contribution in [2.45, 2.75) is 0 Å². The maximum Gasteiger partial charge on any atom is 0.308 e. The summed E-state index contributed by atoms with van der Waals surface area (Å²) in [5, 5.41) is 10.9. The standard InChI is InChI=1S/C12H11N7O/c13-12-16-10(17-19-12)11(20)18-15-6-7-5-14-9-4-2-1-3-8(7)9/h1-6,14H,(H,18,20)(H3,13,16,17,19)/b15-6+. The van der Waals surface area contributed by atoms with E-state index in [1.165, 1.54) is 0 Å². The van der Waals surface area contributed by atoms with E-state index >= 15 is 0 Å². The number of aromatic nitrogens is 4. The van der Waals surface area contributed by atoms with E-state index in [1.54, 1.807) is 6.21 Å². The van der Waals surface area contributed by atoms with Crippen molar-refractivity contribution in [1.82, 2.24) is 25.6 Å². The van der Waals surface area contributed by atoms with Crippen molar-refractivity contribution in [3.05, 3.63) is 41.9 Å². The summed E-state index contributed by atoms with van der Waals surface area (Å²) >= 11 is 0. The zero-order valence-corrected chi connectivity index (χ0v) is 10.3. The van der Waals surface area contributed by atoms with Gasteiger partial charge in [-0.15, -0.1) is 5.10 Å². The SMILES string of the molecule is Nc1n[nH]c(C(=O)N/N=C/c2c[nH]c3ccccc23)n1. The lowest BCUT2D eigenvalue weighted by molar-refractivity contribution is 0.0945. The van der Waals surface area contributed by atoms with Gasteiger partial charge >= 0.3 is 5.91 Å². The summed E-state index contributed by atoms with van der Waals surface area (Å²) in [7, 11) is 0. The smallest absolute Gasteiger partial charge is 0.308 e. The van der Waals surface area contributed by atoms with Crippen LogP contribution in [0.15, 0.2) is 35.6 Å². The molecule has 3 aromatic rings. The Morgan fingerprint density at radius 2 is 2.25 bits per heavy atom. The number of aromatic amines is 2. The van der Waals surface area contributed by atoms with E-state index in [-0.39, 0.29) is 11.8 Å². The van der Waals surface area contributed by atoms with Gasteiger partial charge in [-0.2, -0.15) is 10.1 Å². The molecule has 8 heteroatoms. The summed E-state index contributed by atoms with van der Waals surface area (Å²) in [5.74, 6) is -0.486. The molecule has 0 saturated carbocycles. The topological polar surface area (TPSA) is 125 Å². The third-order valence-corrected chi connectivity index (χ3v) is 2.71. The van der Waals surface area contributed by atoms with Gasteiger partial charge in [0.1, 0.15) is 0 Å². The highest BCUT2D eigenvalue weighted by molar-refractivity contribution is 5.99. The Bertz CT molecular complexity index is 786. The van der Waals surface area contributed by atoms with Gasteiger partial charge in [-0.25, -0.2) is 5.43 Å². The van der Waals surface area contributed by atoms with Gasteiger partial charge in [0.25, 0.3) is 0 Å². The molecule has 0 bridgehead atoms. The number of hydrogen-bond donors (Lipinski definition) is 4. The van der Waals surface area contributed by atoms with Crippen molar-refractivity contribution >= 4 is 29.0 Å². The van der Waals surface area contributed by atoms with Crippen molar-refractivity contribution in [2.75, 3.05) is 5.73 Å². The molecule has 5 N–H and O–H groups in total. The molecule has 100 valence electrons. The Morgan fingerprint density at radius 3 is 3.05 bits per heavy atom. The van der Waals surface area contributed by atoms with Crippen LogP contribution in [0.25, 0.3) is 10.9 Å². The number of hydrazone groups is 1. The molecule has 20 heavy (non-hydrogen) atoms. The Kier molecular flexibility index (Phi) is 2.88. The number of para-hydroxylation sites is 1. The number of amides is 1. The van der Waals surface area contributed by atoms with Crippen LogP contribution < -0.4 is 11.2 Å². The number of hydrogen-bond acceptors (Lipinski definition) is 5. The minimum absolute atomic E-state index is 0.00996. The van der Waals surface area contributed by atoms with Crippen molar-refractivity contribution in [3.8, 4) is 0 Å². The maximum absolute atomic E-state index is 11.6. The maximum atomic E-state index is 11.6. The normalized spacial score (nSPS) is 11.2. The molecule has 0 aliphatic heterocycles. The number of fused-ring (bicyclic) bond motifs is 1. The first-order valence-electron chi connectivity index (χ1n) is 5.81. The molecule has 1 amide bonds. The lowest BCUT2D eigenvalue weighted by Gasteiger charge is -1.94. The zero-order valence-electron chi connectivity index (χ0n) is 10.3. The van der Waals surface area contributed by atoms with E-state index in [0.29, 0.717) is 0 Å². The molecular formula is C12H11N7O. The van der Waals surface area contributed by atoms with E-state index in [9.17, 15) is 4.79 Å². The number of nitrogens with two attached hydrogens (primary N) is 1. The molecular weight excluding hydrogens is 258 g/mol. The zero-order chi connectivity index (χ0) is 13.9. The van der Waals surface area contributed by atoms with Gasteiger partial charge in [-0.3, -0.25) is 9.89 Å². The Labute approximate surface area is 113 Å². The summed E-state index contributed by atoms with van der Waals surface area (Å²) in [5.41, 5.74) is 9.53. The average Bonchev–Trinajstić information content (AvgIpc) is 3.06. The quantitative estimate of drug-likeness (QED) is 0.411. The number of nitrogens with zero attached hydrogens (tertiary/aromatic N) is 3. The molecule has 8 nitrogen and oxygen atoms in total. The molecule has 3 rings (SSSR count). The van der Waals surface area contributed by atoms with Gasteiger partial charge < -0.3 is 10.7 Å². The van der Waals surface area contributed by atoms with Crippen molar-refractivity contribution in [2.24, 2.45) is 5.10 Å². The Balaban J connectivity index is 1.73. The number of nitrogen functional groups attached to an aromatic ring is 1. The van der Waals surface area contributed by atoms with Gasteiger partial charge in [-0.05, 0) is 6.07 Å². The van der Waals surface area contributed by atoms with Crippen LogP contribution in [0.1, 0.15) is 16.2 Å². The van der Waals surface area contributed by atoms with Gasteiger partial charge in [-0.1, -0.05) is 18.2 Å². The largest absolute Gasteiger partial charge is 0.366 e. The first-order chi connectivity index (χ1) is 9.74. The van der Waals surface area contributed by atoms with Gasteiger partial charge in [0.15, 0.2) is 0 Å². The highest BCUT2D eigenvalue weighted by Gasteiger charge is 2.09. The summed E-state index contributed by atoms with van der Waals surface area (Å²) in [6.45, 7) is 0. The van der Waals surface area contributed by atoms with Gasteiger partial charge in [0.05, 0.1) is 6.21 Å². The Morgan fingerprint density at radius 1 is 1.40 bits per heavy atom. The fraction of sp³-hybridized carbons (Fsp3) is 0. The minimum Gasteiger partial charge on any atom is -0.366 e. The third-order valence-electron chi connectivity index (χ3n) is 2.71. The lowest BCUT2D eigenvalue weighted by Crippen LogP contribution is -2.19. The Hall–Kier alpha value is -3.16. The van der Waals surface area contributed by atoms with E-state index in [4.69, 9.17) is 5.73 Å². The second-order valence-corrected chi connectivity index (χ2v) is 4.03. The predicted octanol–water partition coefficient (Wildman–Crippen LogP) is 0.632. The number of carbonyl (C=O) groups is 1. The minimum atomic E-state index is -0.509. The van der Waals surface area contributed by atoms with Crippen LogP contribution in [0.3, 0.4) is 0 Å². The molecule has 0 fully saturated rings. The van der Waals surface area contributed by atoms with Crippen LogP contribution >= 0.6 is 0 Å². The van der Waals surface area contributed by atoms with Crippen molar-refractivity contribution in [3.63, 3.8) is 0 Å². The van der Waals surface area contributed by atoms with Crippen LogP contribution in [-0.4, -0.2) is 32.3 Å². The van der Waals surface area contributed by atoms with Crippen LogP contribution in [-0.2, 0) is 0 Å². The predicted molar refractivity (Wildman–Crippen MR) is 74.2 cm³/mol. The van der Waals surface area contributed by atoms with Gasteiger partial charge in [0, 0.05) is 22.7 Å². The van der Waals surface area contributed by atoms with E-state index < -0.39 is 5.91 Å². The highest BCUT2D eigenvalue weighted by Crippen LogP contribution is 2.15. The molecule has 0 aliphatic rings. The van der Waals surface area contributed by atoms with Crippen molar-refractivity contribution < 1.29 is 4.79 Å². The summed E-state index contributed by atoms with van der Waals surface area (Å²) in [6, 6.07) is 7.80. The van der Waals surface area contributed by atoms with E-state index in [1.807, 2.05) is 30.5 Å². The van der Waals surface area contributed by atoms with Crippen LogP contribution in [0.5, 0.6) is 0 Å². The fourth-order valence-corrected chi connectivity index (χ4v) is 1.79. The second-order valence-electron chi connectivity index (χ2n) is 4.03. The lowest BCUT2D eigenvalue weighted by atomic mass is 10.2. The second kappa shape index (κ2) is 4.84. The average molecular weight is 269 g/mol. The first kappa shape index (κ1) is 11.9. The van der Waals surface area contributed by atoms with Gasteiger partial charge in [0.2, 0.25) is 11.8 Å².